The molecule has 1 fully saturated rings. The predicted molar refractivity (Wildman–Crippen MR) is 115 cm³/mol. The lowest BCUT2D eigenvalue weighted by molar-refractivity contribution is 0.0742. The van der Waals surface area contributed by atoms with Crippen molar-refractivity contribution in [2.45, 2.75) is 0 Å². The molecular weight excluding hydrogens is 381 g/mol. The second kappa shape index (κ2) is 8.78. The van der Waals surface area contributed by atoms with Gasteiger partial charge >= 0.3 is 0 Å². The number of carbonyl (C=O) groups is 2. The maximum Gasteiger partial charge on any atom is 0.256 e. The van der Waals surface area contributed by atoms with Gasteiger partial charge in [0, 0.05) is 43.1 Å². The molecule has 1 heterocycles. The van der Waals surface area contributed by atoms with Crippen molar-refractivity contribution in [2.24, 2.45) is 0 Å². The van der Waals surface area contributed by atoms with Gasteiger partial charge < -0.3 is 15.1 Å². The van der Waals surface area contributed by atoms with E-state index < -0.39 is 5.82 Å². The van der Waals surface area contributed by atoms with Gasteiger partial charge in [-0.15, -0.1) is 0 Å². The molecule has 0 unspecified atom stereocenters. The molecule has 4 rings (SSSR count). The molecule has 1 aliphatic heterocycles. The van der Waals surface area contributed by atoms with Crippen molar-refractivity contribution in [1.29, 1.82) is 0 Å². The van der Waals surface area contributed by atoms with Crippen LogP contribution in [0.1, 0.15) is 20.7 Å². The topological polar surface area (TPSA) is 52.7 Å². The lowest BCUT2D eigenvalue weighted by Gasteiger charge is -2.36. The van der Waals surface area contributed by atoms with Crippen molar-refractivity contribution < 1.29 is 14.0 Å². The average Bonchev–Trinajstić information content (AvgIpc) is 2.80. The highest BCUT2D eigenvalue weighted by molar-refractivity contribution is 6.04. The molecule has 152 valence electrons. The van der Waals surface area contributed by atoms with E-state index in [0.29, 0.717) is 31.7 Å². The molecule has 6 heteroatoms. The molecule has 30 heavy (non-hydrogen) atoms. The second-order valence-corrected chi connectivity index (χ2v) is 7.13. The van der Waals surface area contributed by atoms with Crippen LogP contribution in [0.3, 0.4) is 0 Å². The Morgan fingerprint density at radius 2 is 1.40 bits per heavy atom. The van der Waals surface area contributed by atoms with Crippen molar-refractivity contribution in [3.63, 3.8) is 0 Å². The minimum absolute atomic E-state index is 0.115. The van der Waals surface area contributed by atoms with E-state index in [2.05, 4.69) is 10.2 Å². The standard InChI is InChI=1S/C24H22FN3O2/c25-22-9-5-4-8-21(22)24(30)28-16-14-27(15-17-28)20-12-10-19(11-13-20)26-23(29)18-6-2-1-3-7-18/h1-13H,14-17H2,(H,26,29). The Bertz CT molecular complexity index is 1030. The summed E-state index contributed by atoms with van der Waals surface area (Å²) in [5, 5.41) is 2.89. The summed E-state index contributed by atoms with van der Waals surface area (Å²) in [6.45, 7) is 2.38. The minimum atomic E-state index is -0.488. The first-order valence-electron chi connectivity index (χ1n) is 9.87. The Morgan fingerprint density at radius 1 is 0.767 bits per heavy atom. The van der Waals surface area contributed by atoms with Gasteiger partial charge in [0.15, 0.2) is 0 Å². The van der Waals surface area contributed by atoms with Gasteiger partial charge in [-0.1, -0.05) is 30.3 Å². The van der Waals surface area contributed by atoms with E-state index in [4.69, 9.17) is 0 Å². The zero-order valence-electron chi connectivity index (χ0n) is 16.4. The van der Waals surface area contributed by atoms with Crippen LogP contribution in [0.2, 0.25) is 0 Å². The predicted octanol–water partition coefficient (Wildman–Crippen LogP) is 4.04. The SMILES string of the molecule is O=C(Nc1ccc(N2CCN(C(=O)c3ccccc3F)CC2)cc1)c1ccccc1. The quantitative estimate of drug-likeness (QED) is 0.715. The largest absolute Gasteiger partial charge is 0.368 e. The van der Waals surface area contributed by atoms with E-state index in [-0.39, 0.29) is 17.4 Å². The van der Waals surface area contributed by atoms with Crippen molar-refractivity contribution in [3.05, 3.63) is 95.8 Å². The molecule has 1 N–H and O–H groups in total. The summed E-state index contributed by atoms with van der Waals surface area (Å²) in [6.07, 6.45) is 0. The highest BCUT2D eigenvalue weighted by atomic mass is 19.1. The fourth-order valence-electron chi connectivity index (χ4n) is 3.52. The Labute approximate surface area is 174 Å². The third kappa shape index (κ3) is 4.33. The van der Waals surface area contributed by atoms with E-state index in [1.807, 2.05) is 42.5 Å². The van der Waals surface area contributed by atoms with E-state index in [0.717, 1.165) is 11.4 Å². The monoisotopic (exact) mass is 403 g/mol. The number of anilines is 2. The van der Waals surface area contributed by atoms with Gasteiger partial charge in [0.05, 0.1) is 5.56 Å². The molecule has 2 amide bonds. The first-order chi connectivity index (χ1) is 14.6. The minimum Gasteiger partial charge on any atom is -0.368 e. The number of rotatable bonds is 4. The van der Waals surface area contributed by atoms with Gasteiger partial charge in [-0.3, -0.25) is 9.59 Å². The Morgan fingerprint density at radius 3 is 2.07 bits per heavy atom. The molecule has 5 nitrogen and oxygen atoms in total. The smallest absolute Gasteiger partial charge is 0.256 e. The molecule has 3 aromatic rings. The molecule has 1 aliphatic rings. The van der Waals surface area contributed by atoms with Crippen molar-refractivity contribution in [1.82, 2.24) is 4.90 Å². The molecule has 0 aromatic heterocycles. The Hall–Kier alpha value is -3.67. The van der Waals surface area contributed by atoms with Crippen LogP contribution in [0.15, 0.2) is 78.9 Å². The lowest BCUT2D eigenvalue weighted by atomic mass is 10.1. The summed E-state index contributed by atoms with van der Waals surface area (Å²) in [7, 11) is 0. The van der Waals surface area contributed by atoms with Gasteiger partial charge in [-0.2, -0.15) is 0 Å². The van der Waals surface area contributed by atoms with Crippen molar-refractivity contribution >= 4 is 23.2 Å². The molecular formula is C24H22FN3O2. The van der Waals surface area contributed by atoms with E-state index in [1.54, 1.807) is 29.2 Å². The molecule has 0 spiro atoms. The normalized spacial score (nSPS) is 13.8. The highest BCUT2D eigenvalue weighted by Gasteiger charge is 2.24. The lowest BCUT2D eigenvalue weighted by Crippen LogP contribution is -2.49. The number of hydrogen-bond donors (Lipinski definition) is 1. The van der Waals surface area contributed by atoms with Crippen molar-refractivity contribution in [3.8, 4) is 0 Å². The van der Waals surface area contributed by atoms with E-state index in [1.165, 1.54) is 12.1 Å². The number of amides is 2. The van der Waals surface area contributed by atoms with Gasteiger partial charge in [0.2, 0.25) is 0 Å². The third-order valence-electron chi connectivity index (χ3n) is 5.20. The number of benzene rings is 3. The molecule has 0 aliphatic carbocycles. The number of nitrogens with zero attached hydrogens (tertiary/aromatic N) is 2. The third-order valence-corrected chi connectivity index (χ3v) is 5.20. The molecule has 0 radical (unpaired) electrons. The summed E-state index contributed by atoms with van der Waals surface area (Å²) in [5.41, 5.74) is 2.47. The molecule has 1 saturated heterocycles. The first kappa shape index (κ1) is 19.6. The first-order valence-corrected chi connectivity index (χ1v) is 9.87. The zero-order chi connectivity index (χ0) is 20.9. The molecule has 0 atom stereocenters. The van der Waals surface area contributed by atoms with Gasteiger partial charge in [-0.25, -0.2) is 4.39 Å². The number of halogens is 1. The van der Waals surface area contributed by atoms with E-state index in [9.17, 15) is 14.0 Å². The maximum atomic E-state index is 13.9. The summed E-state index contributed by atoms with van der Waals surface area (Å²) >= 11 is 0. The van der Waals surface area contributed by atoms with Crippen LogP contribution in [0.5, 0.6) is 0 Å². The van der Waals surface area contributed by atoms with Crippen LogP contribution in [0.25, 0.3) is 0 Å². The van der Waals surface area contributed by atoms with Crippen molar-refractivity contribution in [2.75, 3.05) is 36.4 Å². The number of hydrogen-bond acceptors (Lipinski definition) is 3. The Kier molecular flexibility index (Phi) is 5.75. The fraction of sp³-hybridized carbons (Fsp3) is 0.167. The summed E-state index contributed by atoms with van der Waals surface area (Å²) < 4.78 is 13.9. The molecule has 0 bridgehead atoms. The van der Waals surface area contributed by atoms with Gasteiger partial charge in [-0.05, 0) is 48.5 Å². The van der Waals surface area contributed by atoms with Crippen LogP contribution in [-0.2, 0) is 0 Å². The zero-order valence-corrected chi connectivity index (χ0v) is 16.4. The maximum absolute atomic E-state index is 13.9. The van der Waals surface area contributed by atoms with Gasteiger partial charge in [0.1, 0.15) is 5.82 Å². The number of piperazine rings is 1. The average molecular weight is 403 g/mol. The molecule has 0 saturated carbocycles. The summed E-state index contributed by atoms with van der Waals surface area (Å²) in [6, 6.07) is 22.8. The summed E-state index contributed by atoms with van der Waals surface area (Å²) in [5.74, 6) is -0.909. The van der Waals surface area contributed by atoms with E-state index >= 15 is 0 Å². The van der Waals surface area contributed by atoms with Crippen LogP contribution in [-0.4, -0.2) is 42.9 Å². The Balaban J connectivity index is 1.34. The second-order valence-electron chi connectivity index (χ2n) is 7.13. The van der Waals surface area contributed by atoms with Gasteiger partial charge in [0.25, 0.3) is 11.8 Å². The fourth-order valence-corrected chi connectivity index (χ4v) is 3.52. The number of carbonyl (C=O) groups excluding carboxylic acids is 2. The van der Waals surface area contributed by atoms with Crippen LogP contribution in [0, 0.1) is 5.82 Å². The van der Waals surface area contributed by atoms with Crippen LogP contribution in [0.4, 0.5) is 15.8 Å². The number of nitrogens with one attached hydrogen (secondary N) is 1. The van der Waals surface area contributed by atoms with Crippen LogP contribution >= 0.6 is 0 Å². The van der Waals surface area contributed by atoms with Crippen LogP contribution < -0.4 is 10.2 Å². The summed E-state index contributed by atoms with van der Waals surface area (Å²) in [4.78, 5) is 28.7. The highest BCUT2D eigenvalue weighted by Crippen LogP contribution is 2.21. The molecule has 3 aromatic carbocycles.